The summed E-state index contributed by atoms with van der Waals surface area (Å²) < 4.78 is 6.61. The number of hydrogen-bond donors (Lipinski definition) is 1. The van der Waals surface area contributed by atoms with Gasteiger partial charge in [0, 0.05) is 20.1 Å². The van der Waals surface area contributed by atoms with Crippen molar-refractivity contribution in [3.05, 3.63) is 90.0 Å². The molecule has 3 aliphatic heterocycles. The lowest BCUT2D eigenvalue weighted by Gasteiger charge is -2.39. The zero-order valence-corrected chi connectivity index (χ0v) is 24.2. The number of aliphatic hydroxyl groups excluding tert-OH is 1. The molecule has 2 aromatic carbocycles. The number of para-hydroxylation sites is 1. The molecule has 2 bridgehead atoms. The number of nitrogens with zero attached hydrogens (tertiary/aromatic N) is 3. The third kappa shape index (κ3) is 4.58. The van der Waals surface area contributed by atoms with Gasteiger partial charge < -0.3 is 24.5 Å². The Balaban J connectivity index is 1.67. The zero-order chi connectivity index (χ0) is 29.5. The molecule has 3 fully saturated rings. The SMILES string of the molecule is C=CCN(C)C(=O)[C@@H]1[C@@H]2CCC3(O2)C(C(=O)N(CC=C)c2c(C)cccc2Cl)N([C@H](CO)c2ccccc2)C(=O)[C@H]13. The fourth-order valence-corrected chi connectivity index (χ4v) is 7.41. The standard InChI is InChI=1S/C32H36ClN3O5/c1-5-17-34(4)29(38)25-24-15-16-32(41-24)26(25)30(39)36(23(19-37)21-12-8-7-9-13-21)28(32)31(40)35(18-6-2)27-20(3)11-10-14-22(27)33/h5-14,23-26,28,37H,1-2,15-19H2,3-4H3/t23-,24+,25-,26+,28?,32?/m1/s1. The Kier molecular flexibility index (Phi) is 8.10. The van der Waals surface area contributed by atoms with E-state index in [9.17, 15) is 19.5 Å². The highest BCUT2D eigenvalue weighted by molar-refractivity contribution is 6.34. The molecule has 9 heteroatoms. The van der Waals surface area contributed by atoms with Crippen LogP contribution in [-0.2, 0) is 19.1 Å². The Morgan fingerprint density at radius 1 is 1.15 bits per heavy atom. The zero-order valence-electron chi connectivity index (χ0n) is 23.4. The van der Waals surface area contributed by atoms with E-state index in [1.54, 1.807) is 35.1 Å². The number of likely N-dealkylation sites (tertiary alicyclic amines) is 1. The normalized spacial score (nSPS) is 26.9. The van der Waals surface area contributed by atoms with Gasteiger partial charge in [-0.25, -0.2) is 0 Å². The molecule has 0 saturated carbocycles. The molecule has 3 aliphatic rings. The van der Waals surface area contributed by atoms with Gasteiger partial charge in [0.15, 0.2) is 0 Å². The minimum absolute atomic E-state index is 0.145. The number of aliphatic hydroxyl groups is 1. The lowest BCUT2D eigenvalue weighted by Crippen LogP contribution is -2.57. The van der Waals surface area contributed by atoms with Crippen LogP contribution >= 0.6 is 11.6 Å². The largest absolute Gasteiger partial charge is 0.394 e. The number of benzene rings is 2. The predicted molar refractivity (Wildman–Crippen MR) is 157 cm³/mol. The van der Waals surface area contributed by atoms with Crippen LogP contribution in [0.5, 0.6) is 0 Å². The smallest absolute Gasteiger partial charge is 0.253 e. The number of likely N-dealkylation sites (N-methyl/N-ethyl adjacent to an activating group) is 1. The van der Waals surface area contributed by atoms with Crippen LogP contribution in [0.4, 0.5) is 5.69 Å². The Hall–Kier alpha value is -3.46. The van der Waals surface area contributed by atoms with Crippen LogP contribution in [0.15, 0.2) is 73.8 Å². The number of carbonyl (C=O) groups is 3. The molecule has 8 nitrogen and oxygen atoms in total. The number of aryl methyl sites for hydroxylation is 1. The van der Waals surface area contributed by atoms with Gasteiger partial charge in [-0.15, -0.1) is 13.2 Å². The summed E-state index contributed by atoms with van der Waals surface area (Å²) in [6.45, 7) is 9.53. The molecule has 2 aromatic rings. The van der Waals surface area contributed by atoms with Crippen LogP contribution in [0.1, 0.15) is 30.0 Å². The van der Waals surface area contributed by atoms with Crippen LogP contribution in [0.25, 0.3) is 0 Å². The van der Waals surface area contributed by atoms with Gasteiger partial charge in [-0.3, -0.25) is 14.4 Å². The van der Waals surface area contributed by atoms with Crippen LogP contribution in [0, 0.1) is 18.8 Å². The molecule has 5 rings (SSSR count). The number of ether oxygens (including phenoxy) is 1. The first-order valence-corrected chi connectivity index (χ1v) is 14.3. The van der Waals surface area contributed by atoms with E-state index < -0.39 is 42.2 Å². The van der Waals surface area contributed by atoms with Crippen LogP contribution in [-0.4, -0.2) is 77.1 Å². The predicted octanol–water partition coefficient (Wildman–Crippen LogP) is 3.92. The van der Waals surface area contributed by atoms with Crippen molar-refractivity contribution < 1.29 is 24.2 Å². The van der Waals surface area contributed by atoms with E-state index in [-0.39, 0.29) is 24.3 Å². The molecule has 2 unspecified atom stereocenters. The number of carbonyl (C=O) groups excluding carboxylic acids is 3. The topological polar surface area (TPSA) is 90.4 Å². The first kappa shape index (κ1) is 29.0. The van der Waals surface area contributed by atoms with Gasteiger partial charge in [-0.05, 0) is 37.0 Å². The van der Waals surface area contributed by atoms with Gasteiger partial charge in [0.1, 0.15) is 11.6 Å². The Labute approximate surface area is 245 Å². The van der Waals surface area contributed by atoms with Gasteiger partial charge in [-0.2, -0.15) is 0 Å². The Morgan fingerprint density at radius 3 is 2.49 bits per heavy atom. The van der Waals surface area contributed by atoms with Gasteiger partial charge in [0.05, 0.1) is 41.3 Å². The lowest BCUT2D eigenvalue weighted by atomic mass is 9.70. The van der Waals surface area contributed by atoms with Crippen molar-refractivity contribution in [1.82, 2.24) is 9.80 Å². The molecule has 216 valence electrons. The molecule has 3 saturated heterocycles. The summed E-state index contributed by atoms with van der Waals surface area (Å²) in [5, 5.41) is 11.1. The first-order chi connectivity index (χ1) is 19.7. The first-order valence-electron chi connectivity index (χ1n) is 13.9. The quantitative estimate of drug-likeness (QED) is 0.432. The molecule has 0 radical (unpaired) electrons. The monoisotopic (exact) mass is 577 g/mol. The second-order valence-corrected chi connectivity index (χ2v) is 11.5. The summed E-state index contributed by atoms with van der Waals surface area (Å²) in [5.41, 5.74) is 0.765. The molecule has 0 aromatic heterocycles. The highest BCUT2D eigenvalue weighted by Crippen LogP contribution is 2.60. The number of rotatable bonds is 10. The maximum Gasteiger partial charge on any atom is 0.253 e. The number of fused-ring (bicyclic) bond motifs is 1. The molecule has 3 heterocycles. The van der Waals surface area contributed by atoms with Gasteiger partial charge in [0.2, 0.25) is 11.8 Å². The molecular weight excluding hydrogens is 542 g/mol. The van der Waals surface area contributed by atoms with Crippen LogP contribution < -0.4 is 4.90 Å². The van der Waals surface area contributed by atoms with Gasteiger partial charge in [-0.1, -0.05) is 66.2 Å². The summed E-state index contributed by atoms with van der Waals surface area (Å²) in [5.74, 6) is -2.59. The van der Waals surface area contributed by atoms with E-state index >= 15 is 0 Å². The maximum absolute atomic E-state index is 14.8. The van der Waals surface area contributed by atoms with E-state index in [1.165, 1.54) is 4.90 Å². The third-order valence-electron chi connectivity index (χ3n) is 8.77. The maximum atomic E-state index is 14.8. The minimum Gasteiger partial charge on any atom is -0.394 e. The van der Waals surface area contributed by atoms with E-state index in [2.05, 4.69) is 13.2 Å². The van der Waals surface area contributed by atoms with Crippen molar-refractivity contribution in [3.8, 4) is 0 Å². The summed E-state index contributed by atoms with van der Waals surface area (Å²) in [6, 6.07) is 12.6. The average molecular weight is 578 g/mol. The summed E-state index contributed by atoms with van der Waals surface area (Å²) in [7, 11) is 1.68. The molecule has 1 spiro atoms. The van der Waals surface area contributed by atoms with E-state index in [0.717, 1.165) is 5.56 Å². The summed E-state index contributed by atoms with van der Waals surface area (Å²) >= 11 is 6.64. The van der Waals surface area contributed by atoms with Crippen molar-refractivity contribution in [3.63, 3.8) is 0 Å². The van der Waals surface area contributed by atoms with Gasteiger partial charge in [0.25, 0.3) is 5.91 Å². The second kappa shape index (κ2) is 11.4. The number of amides is 3. The second-order valence-electron chi connectivity index (χ2n) is 11.1. The fourth-order valence-electron chi connectivity index (χ4n) is 7.09. The fraction of sp³-hybridized carbons (Fsp3) is 0.406. The molecular formula is C32H36ClN3O5. The molecule has 41 heavy (non-hydrogen) atoms. The molecule has 3 amide bonds. The van der Waals surface area contributed by atoms with Crippen molar-refractivity contribution in [2.45, 2.75) is 43.6 Å². The average Bonchev–Trinajstić information content (AvgIpc) is 3.60. The number of halogens is 1. The molecule has 1 N–H and O–H groups in total. The third-order valence-corrected chi connectivity index (χ3v) is 9.07. The molecule has 6 atom stereocenters. The molecule has 0 aliphatic carbocycles. The number of hydrogen-bond acceptors (Lipinski definition) is 5. The van der Waals surface area contributed by atoms with E-state index in [4.69, 9.17) is 16.3 Å². The minimum atomic E-state index is -1.23. The summed E-state index contributed by atoms with van der Waals surface area (Å²) in [4.78, 5) is 47.6. The Morgan fingerprint density at radius 2 is 1.85 bits per heavy atom. The lowest BCUT2D eigenvalue weighted by molar-refractivity contribution is -0.147. The van der Waals surface area contributed by atoms with E-state index in [1.807, 2.05) is 49.4 Å². The number of anilines is 1. The van der Waals surface area contributed by atoms with Crippen molar-refractivity contribution in [2.24, 2.45) is 11.8 Å². The van der Waals surface area contributed by atoms with Crippen LogP contribution in [0.2, 0.25) is 5.02 Å². The highest BCUT2D eigenvalue weighted by atomic mass is 35.5. The van der Waals surface area contributed by atoms with Crippen molar-refractivity contribution in [1.29, 1.82) is 0 Å². The van der Waals surface area contributed by atoms with E-state index in [0.29, 0.717) is 35.7 Å². The van der Waals surface area contributed by atoms with Crippen molar-refractivity contribution in [2.75, 3.05) is 31.6 Å². The van der Waals surface area contributed by atoms with Crippen LogP contribution in [0.3, 0.4) is 0 Å². The Bertz CT molecular complexity index is 1350. The summed E-state index contributed by atoms with van der Waals surface area (Å²) in [6.07, 6.45) is 3.74. The highest BCUT2D eigenvalue weighted by Gasteiger charge is 2.75. The van der Waals surface area contributed by atoms with Gasteiger partial charge >= 0.3 is 0 Å². The van der Waals surface area contributed by atoms with Crippen molar-refractivity contribution >= 4 is 35.0 Å².